The zero-order valence-electron chi connectivity index (χ0n) is 10.2. The smallest absolute Gasteiger partial charge is 0.241 e. The molecule has 0 amide bonds. The van der Waals surface area contributed by atoms with Gasteiger partial charge in [-0.2, -0.15) is 4.98 Å². The van der Waals surface area contributed by atoms with E-state index in [2.05, 4.69) is 10.1 Å². The number of aromatic nitrogens is 2. The summed E-state index contributed by atoms with van der Waals surface area (Å²) < 4.78 is 28.5. The molecule has 17 heavy (non-hydrogen) atoms. The van der Waals surface area contributed by atoms with Crippen LogP contribution in [-0.2, 0) is 15.6 Å². The predicted octanol–water partition coefficient (Wildman–Crippen LogP) is 1.91. The molecule has 5 nitrogen and oxygen atoms in total. The molecule has 96 valence electrons. The van der Waals surface area contributed by atoms with Gasteiger partial charge in [0.1, 0.15) is 5.75 Å². The molecule has 0 atom stereocenters. The second-order valence-electron chi connectivity index (χ2n) is 5.12. The SMILES string of the molecule is CC(C)CS(=O)(=O)Cc1nc(C2CCC2)no1. The van der Waals surface area contributed by atoms with Crippen molar-refractivity contribution < 1.29 is 12.9 Å². The number of sulfone groups is 1. The van der Waals surface area contributed by atoms with Gasteiger partial charge in [-0.15, -0.1) is 0 Å². The fourth-order valence-corrected chi connectivity index (χ4v) is 3.54. The highest BCUT2D eigenvalue weighted by molar-refractivity contribution is 7.90. The lowest BCUT2D eigenvalue weighted by atomic mass is 9.85. The van der Waals surface area contributed by atoms with E-state index in [4.69, 9.17) is 4.52 Å². The predicted molar refractivity (Wildman–Crippen MR) is 63.2 cm³/mol. The zero-order valence-corrected chi connectivity index (χ0v) is 11.0. The third-order valence-electron chi connectivity index (χ3n) is 2.88. The van der Waals surface area contributed by atoms with Crippen LogP contribution in [0.4, 0.5) is 0 Å². The Kier molecular flexibility index (Phi) is 3.51. The molecule has 1 saturated carbocycles. The van der Waals surface area contributed by atoms with Crippen molar-refractivity contribution in [1.82, 2.24) is 10.1 Å². The van der Waals surface area contributed by atoms with Crippen LogP contribution in [0.3, 0.4) is 0 Å². The minimum absolute atomic E-state index is 0.119. The van der Waals surface area contributed by atoms with E-state index in [1.165, 1.54) is 6.42 Å². The fourth-order valence-electron chi connectivity index (χ4n) is 1.91. The maximum atomic E-state index is 11.7. The van der Waals surface area contributed by atoms with Crippen LogP contribution in [0.15, 0.2) is 4.52 Å². The highest BCUT2D eigenvalue weighted by Crippen LogP contribution is 2.34. The summed E-state index contributed by atoms with van der Waals surface area (Å²) in [6, 6.07) is 0. The number of hydrogen-bond donors (Lipinski definition) is 0. The van der Waals surface area contributed by atoms with Gasteiger partial charge in [0.2, 0.25) is 5.89 Å². The molecule has 0 N–H and O–H groups in total. The lowest BCUT2D eigenvalue weighted by Gasteiger charge is -2.20. The Morgan fingerprint density at radius 1 is 1.41 bits per heavy atom. The summed E-state index contributed by atoms with van der Waals surface area (Å²) in [4.78, 5) is 4.17. The monoisotopic (exact) mass is 258 g/mol. The second kappa shape index (κ2) is 4.76. The van der Waals surface area contributed by atoms with Crippen LogP contribution in [0, 0.1) is 5.92 Å². The molecule has 0 unspecified atom stereocenters. The van der Waals surface area contributed by atoms with Crippen LogP contribution in [0.2, 0.25) is 0 Å². The molecule has 0 radical (unpaired) electrons. The normalized spacial score (nSPS) is 17.4. The first kappa shape index (κ1) is 12.5. The minimum Gasteiger partial charge on any atom is -0.338 e. The van der Waals surface area contributed by atoms with Crippen LogP contribution in [0.5, 0.6) is 0 Å². The van der Waals surface area contributed by atoms with Crippen molar-refractivity contribution in [3.05, 3.63) is 11.7 Å². The van der Waals surface area contributed by atoms with E-state index in [-0.39, 0.29) is 23.3 Å². The molecule has 1 aliphatic rings. The van der Waals surface area contributed by atoms with Crippen molar-refractivity contribution in [2.24, 2.45) is 5.92 Å². The molecule has 6 heteroatoms. The first-order valence-corrected chi connectivity index (χ1v) is 7.81. The molecule has 0 bridgehead atoms. The van der Waals surface area contributed by atoms with Crippen molar-refractivity contribution in [2.75, 3.05) is 5.75 Å². The van der Waals surface area contributed by atoms with Gasteiger partial charge in [0.25, 0.3) is 0 Å². The van der Waals surface area contributed by atoms with Gasteiger partial charge >= 0.3 is 0 Å². The Bertz CT molecular complexity index is 475. The summed E-state index contributed by atoms with van der Waals surface area (Å²) in [6.45, 7) is 3.76. The van der Waals surface area contributed by atoms with Crippen LogP contribution in [-0.4, -0.2) is 24.3 Å². The van der Waals surface area contributed by atoms with Crippen molar-refractivity contribution >= 4 is 9.84 Å². The molecular formula is C11H18N2O3S. The van der Waals surface area contributed by atoms with Gasteiger partial charge in [-0.25, -0.2) is 8.42 Å². The van der Waals surface area contributed by atoms with Gasteiger partial charge in [-0.1, -0.05) is 25.4 Å². The molecule has 2 rings (SSSR count). The van der Waals surface area contributed by atoms with Gasteiger partial charge < -0.3 is 4.52 Å². The molecule has 1 heterocycles. The van der Waals surface area contributed by atoms with E-state index in [0.29, 0.717) is 11.7 Å². The first-order chi connectivity index (χ1) is 7.96. The molecule has 1 aromatic heterocycles. The van der Waals surface area contributed by atoms with Crippen LogP contribution in [0.1, 0.15) is 50.7 Å². The third kappa shape index (κ3) is 3.28. The van der Waals surface area contributed by atoms with Crippen LogP contribution >= 0.6 is 0 Å². The van der Waals surface area contributed by atoms with E-state index in [9.17, 15) is 8.42 Å². The maximum absolute atomic E-state index is 11.7. The highest BCUT2D eigenvalue weighted by Gasteiger charge is 2.26. The molecule has 1 fully saturated rings. The zero-order chi connectivity index (χ0) is 12.5. The van der Waals surface area contributed by atoms with Crippen molar-refractivity contribution in [2.45, 2.75) is 44.8 Å². The van der Waals surface area contributed by atoms with Crippen molar-refractivity contribution in [3.8, 4) is 0 Å². The lowest BCUT2D eigenvalue weighted by molar-refractivity contribution is 0.352. The fraction of sp³-hybridized carbons (Fsp3) is 0.818. The molecule has 0 saturated heterocycles. The first-order valence-electron chi connectivity index (χ1n) is 5.99. The summed E-state index contributed by atoms with van der Waals surface area (Å²) >= 11 is 0. The Balaban J connectivity index is 2.01. The van der Waals surface area contributed by atoms with Gasteiger partial charge in [-0.05, 0) is 18.8 Å². The van der Waals surface area contributed by atoms with Gasteiger partial charge in [0.15, 0.2) is 15.7 Å². The molecule has 0 spiro atoms. The Morgan fingerprint density at radius 2 is 2.12 bits per heavy atom. The Hall–Kier alpha value is -0.910. The van der Waals surface area contributed by atoms with Crippen LogP contribution in [0.25, 0.3) is 0 Å². The highest BCUT2D eigenvalue weighted by atomic mass is 32.2. The van der Waals surface area contributed by atoms with E-state index in [0.717, 1.165) is 12.8 Å². The van der Waals surface area contributed by atoms with Gasteiger partial charge in [-0.3, -0.25) is 0 Å². The van der Waals surface area contributed by atoms with E-state index in [1.807, 2.05) is 13.8 Å². The summed E-state index contributed by atoms with van der Waals surface area (Å²) in [5.74, 6) is 1.42. The van der Waals surface area contributed by atoms with Crippen molar-refractivity contribution in [1.29, 1.82) is 0 Å². The summed E-state index contributed by atoms with van der Waals surface area (Å²) in [5, 5.41) is 3.85. The van der Waals surface area contributed by atoms with Gasteiger partial charge in [0, 0.05) is 5.92 Å². The molecule has 1 aliphatic carbocycles. The lowest BCUT2D eigenvalue weighted by Crippen LogP contribution is -2.14. The molecular weight excluding hydrogens is 240 g/mol. The molecule has 0 aliphatic heterocycles. The van der Waals surface area contributed by atoms with Crippen LogP contribution < -0.4 is 0 Å². The standard InChI is InChI=1S/C11H18N2O3S/c1-8(2)6-17(14,15)7-10-12-11(13-16-10)9-4-3-5-9/h8-9H,3-7H2,1-2H3. The average molecular weight is 258 g/mol. The Labute approximate surface area is 102 Å². The summed E-state index contributed by atoms with van der Waals surface area (Å²) in [6.07, 6.45) is 3.36. The third-order valence-corrected chi connectivity index (χ3v) is 4.75. The number of hydrogen-bond acceptors (Lipinski definition) is 5. The van der Waals surface area contributed by atoms with Crippen molar-refractivity contribution in [3.63, 3.8) is 0 Å². The quantitative estimate of drug-likeness (QED) is 0.806. The number of nitrogens with zero attached hydrogens (tertiary/aromatic N) is 2. The summed E-state index contributed by atoms with van der Waals surface area (Å²) in [7, 11) is -3.13. The maximum Gasteiger partial charge on any atom is 0.241 e. The average Bonchev–Trinajstić information content (AvgIpc) is 2.45. The summed E-state index contributed by atoms with van der Waals surface area (Å²) in [5.41, 5.74) is 0. The van der Waals surface area contributed by atoms with E-state index >= 15 is 0 Å². The minimum atomic E-state index is -3.13. The topological polar surface area (TPSA) is 73.1 Å². The largest absolute Gasteiger partial charge is 0.338 e. The number of rotatable bonds is 5. The molecule has 0 aromatic carbocycles. The van der Waals surface area contributed by atoms with E-state index in [1.54, 1.807) is 0 Å². The second-order valence-corrected chi connectivity index (χ2v) is 7.23. The van der Waals surface area contributed by atoms with E-state index < -0.39 is 9.84 Å². The molecule has 1 aromatic rings. The Morgan fingerprint density at radius 3 is 2.65 bits per heavy atom. The van der Waals surface area contributed by atoms with Gasteiger partial charge in [0.05, 0.1) is 5.75 Å².